The summed E-state index contributed by atoms with van der Waals surface area (Å²) in [5.41, 5.74) is 2.78. The smallest absolute Gasteiger partial charge is 0.338 e. The molecule has 1 amide bonds. The Morgan fingerprint density at radius 2 is 1.83 bits per heavy atom. The van der Waals surface area contributed by atoms with Crippen molar-refractivity contribution < 1.29 is 23.9 Å². The summed E-state index contributed by atoms with van der Waals surface area (Å²) in [7, 11) is 1.36. The lowest BCUT2D eigenvalue weighted by Gasteiger charge is -2.23. The molecule has 2 aromatic carbocycles. The van der Waals surface area contributed by atoms with Crippen LogP contribution < -0.4 is 5.32 Å². The lowest BCUT2D eigenvalue weighted by atomic mass is 9.79. The van der Waals surface area contributed by atoms with Gasteiger partial charge in [-0.2, -0.15) is 0 Å². The average Bonchev–Trinajstić information content (AvgIpc) is 3.36. The fraction of sp³-hybridized carbons (Fsp3) is 0.348. The third-order valence-corrected chi connectivity index (χ3v) is 6.58. The fourth-order valence-electron chi connectivity index (χ4n) is 5.34. The predicted octanol–water partition coefficient (Wildman–Crippen LogP) is 3.28. The zero-order chi connectivity index (χ0) is 20.1. The van der Waals surface area contributed by atoms with E-state index in [9.17, 15) is 14.4 Å². The Kier molecular flexibility index (Phi) is 4.15. The van der Waals surface area contributed by atoms with Crippen LogP contribution in [0.15, 0.2) is 48.5 Å². The van der Waals surface area contributed by atoms with Crippen LogP contribution in [0.25, 0.3) is 11.1 Å². The molecule has 2 saturated carbocycles. The quantitative estimate of drug-likeness (QED) is 0.809. The molecule has 0 radical (unpaired) electrons. The van der Waals surface area contributed by atoms with Crippen molar-refractivity contribution in [3.8, 4) is 11.1 Å². The summed E-state index contributed by atoms with van der Waals surface area (Å²) in [4.78, 5) is 37.0. The molecule has 0 spiro atoms. The largest absolute Gasteiger partial charge is 0.465 e. The molecule has 2 aliphatic carbocycles. The second-order valence-corrected chi connectivity index (χ2v) is 8.03. The second-order valence-electron chi connectivity index (χ2n) is 8.03. The molecule has 5 rings (SSSR count). The molecule has 6 nitrogen and oxygen atoms in total. The van der Waals surface area contributed by atoms with Crippen molar-refractivity contribution in [1.29, 1.82) is 0 Å². The zero-order valence-corrected chi connectivity index (χ0v) is 16.0. The number of nitrogens with one attached hydrogen (secondary N) is 1. The molecule has 0 aromatic heterocycles. The summed E-state index contributed by atoms with van der Waals surface area (Å²) < 4.78 is 10.3. The van der Waals surface area contributed by atoms with Gasteiger partial charge in [-0.05, 0) is 48.1 Å². The highest BCUT2D eigenvalue weighted by Gasteiger charge is 2.63. The van der Waals surface area contributed by atoms with E-state index < -0.39 is 5.97 Å². The number of anilines is 1. The molecule has 1 saturated heterocycles. The first-order chi connectivity index (χ1) is 14.1. The van der Waals surface area contributed by atoms with Crippen molar-refractivity contribution in [2.45, 2.75) is 18.9 Å². The number of carbonyl (C=O) groups excluding carboxylic acids is 3. The molecule has 0 unspecified atom stereocenters. The minimum Gasteiger partial charge on any atom is -0.465 e. The van der Waals surface area contributed by atoms with E-state index in [2.05, 4.69) is 5.32 Å². The molecule has 3 aliphatic rings. The topological polar surface area (TPSA) is 81.7 Å². The Morgan fingerprint density at radius 3 is 2.59 bits per heavy atom. The van der Waals surface area contributed by atoms with Gasteiger partial charge in [-0.1, -0.05) is 30.3 Å². The second kappa shape index (κ2) is 6.72. The molecule has 29 heavy (non-hydrogen) atoms. The first-order valence-corrected chi connectivity index (χ1v) is 9.86. The molecule has 2 bridgehead atoms. The molecule has 5 atom stereocenters. The van der Waals surface area contributed by atoms with Crippen LogP contribution in [0, 0.1) is 23.7 Å². The van der Waals surface area contributed by atoms with Crippen molar-refractivity contribution in [1.82, 2.24) is 0 Å². The molecule has 2 aromatic rings. The van der Waals surface area contributed by atoms with E-state index in [1.54, 1.807) is 12.1 Å². The van der Waals surface area contributed by atoms with Crippen molar-refractivity contribution in [2.24, 2.45) is 23.7 Å². The van der Waals surface area contributed by atoms with E-state index in [1.807, 2.05) is 36.4 Å². The lowest BCUT2D eigenvalue weighted by Crippen LogP contribution is -2.35. The summed E-state index contributed by atoms with van der Waals surface area (Å²) in [5.74, 6) is -0.863. The number of hydrogen-bond acceptors (Lipinski definition) is 5. The van der Waals surface area contributed by atoms with Crippen LogP contribution in [0.1, 0.15) is 23.2 Å². The van der Waals surface area contributed by atoms with Gasteiger partial charge in [0.25, 0.3) is 0 Å². The molecular formula is C23H21NO5. The molecule has 3 fully saturated rings. The highest BCUT2D eigenvalue weighted by atomic mass is 16.6. The number of methoxy groups -OCH3 is 1. The van der Waals surface area contributed by atoms with Gasteiger partial charge < -0.3 is 14.8 Å². The Labute approximate surface area is 168 Å². The summed E-state index contributed by atoms with van der Waals surface area (Å²) in [6.07, 6.45) is 1.73. The Hall–Kier alpha value is -3.15. The van der Waals surface area contributed by atoms with E-state index in [0.717, 1.165) is 24.0 Å². The minimum atomic E-state index is -0.393. The highest BCUT2D eigenvalue weighted by molar-refractivity contribution is 5.98. The zero-order valence-electron chi connectivity index (χ0n) is 16.0. The summed E-state index contributed by atoms with van der Waals surface area (Å²) in [6.45, 7) is 0. The van der Waals surface area contributed by atoms with Crippen molar-refractivity contribution >= 4 is 23.5 Å². The first-order valence-electron chi connectivity index (χ1n) is 9.86. The minimum absolute atomic E-state index is 0.0238. The summed E-state index contributed by atoms with van der Waals surface area (Å²) >= 11 is 0. The van der Waals surface area contributed by atoms with Crippen molar-refractivity contribution in [3.05, 3.63) is 54.1 Å². The maximum Gasteiger partial charge on any atom is 0.338 e. The molecule has 148 valence electrons. The molecule has 1 N–H and O–H groups in total. The number of amides is 1. The Balaban J connectivity index is 1.34. The van der Waals surface area contributed by atoms with Crippen molar-refractivity contribution in [3.63, 3.8) is 0 Å². The van der Waals surface area contributed by atoms with Crippen molar-refractivity contribution in [2.75, 3.05) is 12.4 Å². The third kappa shape index (κ3) is 2.82. The Bertz CT molecular complexity index is 997. The number of ether oxygens (including phenoxy) is 2. The fourth-order valence-corrected chi connectivity index (χ4v) is 5.34. The molecule has 6 heteroatoms. The van der Waals surface area contributed by atoms with Gasteiger partial charge in [-0.3, -0.25) is 9.59 Å². The van der Waals surface area contributed by atoms with Gasteiger partial charge in [0.15, 0.2) is 0 Å². The maximum atomic E-state index is 12.9. The van der Waals surface area contributed by atoms with Crippen LogP contribution in [0.5, 0.6) is 0 Å². The van der Waals surface area contributed by atoms with Gasteiger partial charge in [-0.25, -0.2) is 4.79 Å². The van der Waals surface area contributed by atoms with E-state index in [1.165, 1.54) is 7.11 Å². The van der Waals surface area contributed by atoms with Crippen LogP contribution >= 0.6 is 0 Å². The lowest BCUT2D eigenvalue weighted by molar-refractivity contribution is -0.145. The monoisotopic (exact) mass is 391 g/mol. The van der Waals surface area contributed by atoms with E-state index in [0.29, 0.717) is 11.3 Å². The predicted molar refractivity (Wildman–Crippen MR) is 105 cm³/mol. The van der Waals surface area contributed by atoms with Gasteiger partial charge in [-0.15, -0.1) is 0 Å². The molecule has 1 aliphatic heterocycles. The molecular weight excluding hydrogens is 370 g/mol. The first kappa shape index (κ1) is 17.9. The number of hydrogen-bond donors (Lipinski definition) is 1. The van der Waals surface area contributed by atoms with Gasteiger partial charge in [0.1, 0.15) is 6.10 Å². The number of carbonyl (C=O) groups is 3. The number of fused-ring (bicyclic) bond motifs is 1. The van der Waals surface area contributed by atoms with Crippen LogP contribution in [-0.2, 0) is 19.1 Å². The maximum absolute atomic E-state index is 12.9. The van der Waals surface area contributed by atoms with Gasteiger partial charge in [0, 0.05) is 11.6 Å². The summed E-state index contributed by atoms with van der Waals surface area (Å²) in [5, 5.41) is 2.96. The summed E-state index contributed by atoms with van der Waals surface area (Å²) in [6, 6.07) is 14.6. The SMILES string of the molecule is COC(=O)c1ccccc1-c1ccc(NC(=O)[C@@H]2[C@@H]3C[C@@H]4[C@@H]2C(=O)O[C@@H]4C3)cc1. The highest BCUT2D eigenvalue weighted by Crippen LogP contribution is 2.57. The normalized spacial score (nSPS) is 28.9. The van der Waals surface area contributed by atoms with Gasteiger partial charge in [0.2, 0.25) is 5.91 Å². The van der Waals surface area contributed by atoms with Crippen LogP contribution in [0.4, 0.5) is 5.69 Å². The third-order valence-electron chi connectivity index (χ3n) is 6.58. The van der Waals surface area contributed by atoms with Crippen LogP contribution in [-0.4, -0.2) is 31.1 Å². The van der Waals surface area contributed by atoms with E-state index in [-0.39, 0.29) is 41.7 Å². The van der Waals surface area contributed by atoms with Crippen LogP contribution in [0.2, 0.25) is 0 Å². The van der Waals surface area contributed by atoms with Gasteiger partial charge in [0.05, 0.1) is 24.5 Å². The number of esters is 2. The van der Waals surface area contributed by atoms with Gasteiger partial charge >= 0.3 is 11.9 Å². The standard InChI is InChI=1S/C23H21NO5/c1-28-22(26)16-5-3-2-4-15(16)12-6-8-14(9-7-12)24-21(25)19-13-10-17-18(11-13)29-23(27)20(17)19/h2-9,13,17-20H,10-11H2,1H3,(H,24,25)/t13-,17+,18-,19-,20+/m1/s1. The van der Waals surface area contributed by atoms with E-state index in [4.69, 9.17) is 9.47 Å². The van der Waals surface area contributed by atoms with E-state index >= 15 is 0 Å². The number of benzene rings is 2. The number of rotatable bonds is 4. The average molecular weight is 391 g/mol. The molecule has 1 heterocycles. The Morgan fingerprint density at radius 1 is 1.07 bits per heavy atom. The van der Waals surface area contributed by atoms with Crippen LogP contribution in [0.3, 0.4) is 0 Å².